The quantitative estimate of drug-likeness (QED) is 0.400. The number of carbonyl (C=O) groups is 1. The molecule has 0 N–H and O–H groups in total. The molecule has 1 amide bonds. The first-order valence-corrected chi connectivity index (χ1v) is 11.0. The summed E-state index contributed by atoms with van der Waals surface area (Å²) in [6, 6.07) is 23.1. The number of hydrogen-bond donors (Lipinski definition) is 0. The smallest absolute Gasteiger partial charge is 0.233 e. The third-order valence-corrected chi connectivity index (χ3v) is 6.12. The van der Waals surface area contributed by atoms with Crippen LogP contribution in [0.15, 0.2) is 72.8 Å². The van der Waals surface area contributed by atoms with Gasteiger partial charge in [-0.3, -0.25) is 9.69 Å². The first kappa shape index (κ1) is 21.2. The van der Waals surface area contributed by atoms with Crippen LogP contribution in [0.25, 0.3) is 21.3 Å². The third-order valence-electron chi connectivity index (χ3n) is 5.08. The fraction of sp³-hybridized carbons (Fsp3) is 0.200. The maximum absolute atomic E-state index is 14.1. The zero-order valence-electron chi connectivity index (χ0n) is 17.6. The van der Waals surface area contributed by atoms with Gasteiger partial charge in [-0.2, -0.15) is 0 Å². The number of carbonyl (C=O) groups excluding carboxylic acids is 1. The van der Waals surface area contributed by atoms with Crippen molar-refractivity contribution in [2.75, 3.05) is 32.1 Å². The number of benzene rings is 3. The molecule has 31 heavy (non-hydrogen) atoms. The third kappa shape index (κ3) is 4.98. The van der Waals surface area contributed by atoms with Crippen LogP contribution in [0.2, 0.25) is 0 Å². The lowest BCUT2D eigenvalue weighted by Gasteiger charge is -2.22. The molecular formula is C25H24FN3OS. The van der Waals surface area contributed by atoms with Crippen molar-refractivity contribution < 1.29 is 9.18 Å². The Labute approximate surface area is 185 Å². The van der Waals surface area contributed by atoms with Gasteiger partial charge in [0.15, 0.2) is 5.13 Å². The summed E-state index contributed by atoms with van der Waals surface area (Å²) in [5.41, 5.74) is 3.51. The molecule has 6 heteroatoms. The van der Waals surface area contributed by atoms with E-state index < -0.39 is 0 Å². The zero-order valence-corrected chi connectivity index (χ0v) is 18.4. The summed E-state index contributed by atoms with van der Waals surface area (Å²) in [5.74, 6) is -0.412. The van der Waals surface area contributed by atoms with Crippen LogP contribution < -0.4 is 4.90 Å². The average Bonchev–Trinajstić information content (AvgIpc) is 3.20. The summed E-state index contributed by atoms with van der Waals surface area (Å²) in [7, 11) is 3.92. The van der Waals surface area contributed by atoms with E-state index in [1.807, 2.05) is 67.5 Å². The summed E-state index contributed by atoms with van der Waals surface area (Å²) in [6.07, 6.45) is 0.265. The topological polar surface area (TPSA) is 36.4 Å². The van der Waals surface area contributed by atoms with Gasteiger partial charge in [0, 0.05) is 13.1 Å². The Kier molecular flexibility index (Phi) is 6.39. The van der Waals surface area contributed by atoms with Gasteiger partial charge in [-0.1, -0.05) is 72.0 Å². The Bertz CT molecular complexity index is 1170. The fourth-order valence-electron chi connectivity index (χ4n) is 3.36. The number of likely N-dealkylation sites (N-methyl/N-ethyl adjacent to an activating group) is 1. The van der Waals surface area contributed by atoms with E-state index in [1.54, 1.807) is 11.0 Å². The number of para-hydroxylation sites is 1. The molecule has 4 aromatic rings. The van der Waals surface area contributed by atoms with Gasteiger partial charge in [0.25, 0.3) is 0 Å². The molecule has 1 aromatic heterocycles. The Balaban J connectivity index is 1.56. The highest BCUT2D eigenvalue weighted by molar-refractivity contribution is 7.22. The summed E-state index contributed by atoms with van der Waals surface area (Å²) < 4.78 is 14.9. The lowest BCUT2D eigenvalue weighted by atomic mass is 10.0. The van der Waals surface area contributed by atoms with Crippen LogP contribution in [-0.4, -0.2) is 43.0 Å². The van der Waals surface area contributed by atoms with Gasteiger partial charge in [-0.05, 0) is 42.9 Å². The van der Waals surface area contributed by atoms with Gasteiger partial charge in [0.2, 0.25) is 5.91 Å². The highest BCUT2D eigenvalue weighted by atomic mass is 32.1. The van der Waals surface area contributed by atoms with Gasteiger partial charge < -0.3 is 4.90 Å². The van der Waals surface area contributed by atoms with E-state index in [0.717, 1.165) is 21.4 Å². The summed E-state index contributed by atoms with van der Waals surface area (Å²) >= 11 is 1.35. The molecule has 0 aliphatic carbocycles. The molecule has 1 heterocycles. The molecule has 3 aromatic carbocycles. The van der Waals surface area contributed by atoms with Crippen molar-refractivity contribution in [3.63, 3.8) is 0 Å². The Morgan fingerprint density at radius 2 is 1.61 bits per heavy atom. The van der Waals surface area contributed by atoms with Crippen LogP contribution in [0.3, 0.4) is 0 Å². The van der Waals surface area contributed by atoms with Crippen LogP contribution in [0.1, 0.15) is 5.56 Å². The second kappa shape index (κ2) is 9.37. The van der Waals surface area contributed by atoms with Gasteiger partial charge in [-0.15, -0.1) is 0 Å². The summed E-state index contributed by atoms with van der Waals surface area (Å²) in [5, 5.41) is 0.535. The van der Waals surface area contributed by atoms with E-state index in [4.69, 9.17) is 0 Å². The van der Waals surface area contributed by atoms with E-state index in [2.05, 4.69) is 17.1 Å². The van der Waals surface area contributed by atoms with Crippen molar-refractivity contribution in [2.24, 2.45) is 0 Å². The molecule has 158 valence electrons. The maximum atomic E-state index is 14.1. The molecule has 0 saturated carbocycles. The number of rotatable bonds is 7. The molecule has 0 fully saturated rings. The van der Waals surface area contributed by atoms with Gasteiger partial charge >= 0.3 is 0 Å². The summed E-state index contributed by atoms with van der Waals surface area (Å²) in [6.45, 7) is 1.19. The van der Waals surface area contributed by atoms with Crippen LogP contribution in [0, 0.1) is 5.82 Å². The molecule has 0 aliphatic heterocycles. The van der Waals surface area contributed by atoms with E-state index in [-0.39, 0.29) is 18.1 Å². The number of hydrogen-bond acceptors (Lipinski definition) is 4. The van der Waals surface area contributed by atoms with Crippen molar-refractivity contribution in [2.45, 2.75) is 6.42 Å². The predicted octanol–water partition coefficient (Wildman–Crippen LogP) is 5.24. The van der Waals surface area contributed by atoms with Crippen molar-refractivity contribution in [3.05, 3.63) is 84.2 Å². The lowest BCUT2D eigenvalue weighted by molar-refractivity contribution is -0.118. The number of halogens is 1. The minimum absolute atomic E-state index is 0.0474. The Hall–Kier alpha value is -3.09. The molecule has 0 aliphatic rings. The molecule has 0 bridgehead atoms. The first-order valence-electron chi connectivity index (χ1n) is 10.2. The number of nitrogens with zero attached hydrogens (tertiary/aromatic N) is 3. The van der Waals surface area contributed by atoms with Crippen molar-refractivity contribution >= 4 is 32.6 Å². The molecular weight excluding hydrogens is 409 g/mol. The van der Waals surface area contributed by atoms with E-state index in [0.29, 0.717) is 23.7 Å². The number of anilines is 1. The molecule has 0 radical (unpaired) electrons. The largest absolute Gasteiger partial charge is 0.308 e. The highest BCUT2D eigenvalue weighted by Crippen LogP contribution is 2.30. The predicted molar refractivity (Wildman–Crippen MR) is 126 cm³/mol. The van der Waals surface area contributed by atoms with Gasteiger partial charge in [0.05, 0.1) is 11.1 Å². The van der Waals surface area contributed by atoms with Crippen LogP contribution >= 0.6 is 11.3 Å². The minimum atomic E-state index is -0.364. The Morgan fingerprint density at radius 1 is 0.903 bits per heavy atom. The molecule has 0 spiro atoms. The summed E-state index contributed by atoms with van der Waals surface area (Å²) in [4.78, 5) is 21.4. The van der Waals surface area contributed by atoms with Crippen LogP contribution in [-0.2, 0) is 11.2 Å². The zero-order chi connectivity index (χ0) is 21.8. The number of amides is 1. The van der Waals surface area contributed by atoms with Crippen LogP contribution in [0.5, 0.6) is 0 Å². The standard InChI is InChI=1S/C25H24FN3OS/c1-28(2)15-16-29(25-27-24-21(26)9-6-10-22(24)31-25)23(30)17-18-11-13-20(14-12-18)19-7-4-3-5-8-19/h3-14H,15-17H2,1-2H3. The normalized spacial score (nSPS) is 11.2. The number of fused-ring (bicyclic) bond motifs is 1. The van der Waals surface area contributed by atoms with E-state index >= 15 is 0 Å². The molecule has 4 nitrogen and oxygen atoms in total. The first-order chi connectivity index (χ1) is 15.0. The fourth-order valence-corrected chi connectivity index (χ4v) is 4.38. The van der Waals surface area contributed by atoms with Gasteiger partial charge in [-0.25, -0.2) is 9.37 Å². The number of aromatic nitrogens is 1. The molecule has 0 saturated heterocycles. The van der Waals surface area contributed by atoms with Gasteiger partial charge in [0.1, 0.15) is 11.3 Å². The van der Waals surface area contributed by atoms with Crippen molar-refractivity contribution in [1.82, 2.24) is 9.88 Å². The second-order valence-corrected chi connectivity index (χ2v) is 8.68. The monoisotopic (exact) mass is 433 g/mol. The SMILES string of the molecule is CN(C)CCN(C(=O)Cc1ccc(-c2ccccc2)cc1)c1nc2c(F)cccc2s1. The molecule has 4 rings (SSSR count). The minimum Gasteiger partial charge on any atom is -0.308 e. The van der Waals surface area contributed by atoms with Crippen molar-refractivity contribution in [1.29, 1.82) is 0 Å². The van der Waals surface area contributed by atoms with E-state index in [9.17, 15) is 9.18 Å². The maximum Gasteiger partial charge on any atom is 0.233 e. The second-order valence-electron chi connectivity index (χ2n) is 7.67. The molecule has 0 unspecified atom stereocenters. The average molecular weight is 434 g/mol. The van der Waals surface area contributed by atoms with E-state index in [1.165, 1.54) is 17.4 Å². The van der Waals surface area contributed by atoms with Crippen molar-refractivity contribution in [3.8, 4) is 11.1 Å². The highest BCUT2D eigenvalue weighted by Gasteiger charge is 2.21. The lowest BCUT2D eigenvalue weighted by Crippen LogP contribution is -2.37. The Morgan fingerprint density at radius 3 is 2.29 bits per heavy atom. The van der Waals surface area contributed by atoms with Crippen LogP contribution in [0.4, 0.5) is 9.52 Å². The molecule has 0 atom stereocenters. The number of thiazole rings is 1.